The highest BCUT2D eigenvalue weighted by molar-refractivity contribution is 5.29. The highest BCUT2D eigenvalue weighted by Crippen LogP contribution is 2.47. The molecule has 2 saturated carbocycles. The summed E-state index contributed by atoms with van der Waals surface area (Å²) in [7, 11) is 0. The van der Waals surface area contributed by atoms with Crippen LogP contribution in [0, 0.1) is 11.3 Å². The van der Waals surface area contributed by atoms with Crippen molar-refractivity contribution in [2.24, 2.45) is 11.3 Å². The van der Waals surface area contributed by atoms with Crippen molar-refractivity contribution in [2.75, 3.05) is 13.2 Å². The van der Waals surface area contributed by atoms with Crippen LogP contribution >= 0.6 is 0 Å². The Balaban J connectivity index is 1.75. The Morgan fingerprint density at radius 2 is 2.00 bits per heavy atom. The summed E-state index contributed by atoms with van der Waals surface area (Å²) in [5.74, 6) is 0.419. The number of rotatable bonds is 6. The van der Waals surface area contributed by atoms with Crippen LogP contribution in [-0.2, 0) is 6.18 Å². The summed E-state index contributed by atoms with van der Waals surface area (Å²) in [4.78, 5) is 0. The van der Waals surface area contributed by atoms with Gasteiger partial charge in [-0.15, -0.1) is 0 Å². The lowest BCUT2D eigenvalue weighted by atomic mass is 9.98. The van der Waals surface area contributed by atoms with E-state index in [1.54, 1.807) is 6.07 Å². The Kier molecular flexibility index (Phi) is 3.74. The first kappa shape index (κ1) is 14.9. The van der Waals surface area contributed by atoms with Crippen LogP contribution in [0.3, 0.4) is 0 Å². The van der Waals surface area contributed by atoms with Gasteiger partial charge in [-0.3, -0.25) is 0 Å². The van der Waals surface area contributed by atoms with Gasteiger partial charge in [-0.25, -0.2) is 0 Å². The Labute approximate surface area is 122 Å². The van der Waals surface area contributed by atoms with E-state index in [1.807, 2.05) is 0 Å². The molecule has 0 amide bonds. The highest BCUT2D eigenvalue weighted by Gasteiger charge is 2.43. The Morgan fingerprint density at radius 1 is 1.29 bits per heavy atom. The molecule has 0 saturated heterocycles. The lowest BCUT2D eigenvalue weighted by Gasteiger charge is -2.23. The molecule has 1 atom stereocenters. The molecule has 2 N–H and O–H groups in total. The van der Waals surface area contributed by atoms with Gasteiger partial charge in [0.15, 0.2) is 0 Å². The number of alkyl halides is 3. The van der Waals surface area contributed by atoms with Crippen LogP contribution in [0.4, 0.5) is 13.2 Å². The van der Waals surface area contributed by atoms with E-state index in [0.717, 1.165) is 31.7 Å². The molecule has 0 spiro atoms. The third-order valence-corrected chi connectivity index (χ3v) is 4.66. The number of hydrogen-bond acceptors (Lipinski definition) is 2. The molecule has 1 aromatic carbocycles. The first-order valence-corrected chi connectivity index (χ1v) is 7.45. The molecule has 2 nitrogen and oxygen atoms in total. The van der Waals surface area contributed by atoms with Crippen molar-refractivity contribution in [3.63, 3.8) is 0 Å². The lowest BCUT2D eigenvalue weighted by molar-refractivity contribution is -0.137. The fraction of sp³-hybridized carbons (Fsp3) is 0.625. The normalized spacial score (nSPS) is 22.1. The number of halogens is 3. The summed E-state index contributed by atoms with van der Waals surface area (Å²) in [6.45, 7) is 0.834. The van der Waals surface area contributed by atoms with Gasteiger partial charge in [0, 0.05) is 24.6 Å². The topological polar surface area (TPSA) is 32.3 Å². The van der Waals surface area contributed by atoms with Gasteiger partial charge < -0.3 is 10.4 Å². The van der Waals surface area contributed by atoms with Crippen LogP contribution in [0.15, 0.2) is 24.3 Å². The molecule has 2 aliphatic carbocycles. The predicted octanol–water partition coefficient (Wildman–Crippen LogP) is 3.52. The Morgan fingerprint density at radius 3 is 2.52 bits per heavy atom. The molecule has 1 aromatic rings. The zero-order chi connectivity index (χ0) is 15.1. The standard InChI is InChI=1S/C16H20F3NO/c17-16(18,19)13-3-1-2-12(8-13)14(11-4-5-11)20-9-15(10-21)6-7-15/h1-3,8,11,14,20-21H,4-7,9-10H2. The van der Waals surface area contributed by atoms with E-state index < -0.39 is 11.7 Å². The summed E-state index contributed by atoms with van der Waals surface area (Å²) < 4.78 is 38.5. The van der Waals surface area contributed by atoms with Crippen molar-refractivity contribution in [2.45, 2.75) is 37.9 Å². The van der Waals surface area contributed by atoms with E-state index in [0.29, 0.717) is 18.0 Å². The molecule has 0 aliphatic heterocycles. The van der Waals surface area contributed by atoms with E-state index in [9.17, 15) is 18.3 Å². The Hall–Kier alpha value is -1.07. The summed E-state index contributed by atoms with van der Waals surface area (Å²) >= 11 is 0. The minimum Gasteiger partial charge on any atom is -0.396 e. The molecule has 21 heavy (non-hydrogen) atoms. The molecule has 0 aromatic heterocycles. The van der Waals surface area contributed by atoms with Crippen LogP contribution in [-0.4, -0.2) is 18.3 Å². The van der Waals surface area contributed by atoms with Gasteiger partial charge >= 0.3 is 6.18 Å². The van der Waals surface area contributed by atoms with Crippen LogP contribution < -0.4 is 5.32 Å². The second-order valence-electron chi connectivity index (χ2n) is 6.48. The van der Waals surface area contributed by atoms with Crippen molar-refractivity contribution in [1.82, 2.24) is 5.32 Å². The minimum atomic E-state index is -4.30. The minimum absolute atomic E-state index is 0.0312. The van der Waals surface area contributed by atoms with Gasteiger partial charge in [0.2, 0.25) is 0 Å². The number of nitrogens with one attached hydrogen (secondary N) is 1. The van der Waals surface area contributed by atoms with Crippen molar-refractivity contribution in [3.8, 4) is 0 Å². The van der Waals surface area contributed by atoms with Gasteiger partial charge in [0.25, 0.3) is 0 Å². The van der Waals surface area contributed by atoms with Crippen molar-refractivity contribution < 1.29 is 18.3 Å². The van der Waals surface area contributed by atoms with E-state index >= 15 is 0 Å². The molecular weight excluding hydrogens is 279 g/mol. The van der Waals surface area contributed by atoms with Crippen LogP contribution in [0.2, 0.25) is 0 Å². The third-order valence-electron chi connectivity index (χ3n) is 4.66. The lowest BCUT2D eigenvalue weighted by Crippen LogP contribution is -2.31. The molecule has 3 rings (SSSR count). The van der Waals surface area contributed by atoms with Gasteiger partial charge in [-0.05, 0) is 49.3 Å². The molecule has 0 heterocycles. The Bertz CT molecular complexity index is 506. The number of benzene rings is 1. The average Bonchev–Trinajstić information content (AvgIpc) is 3.34. The molecular formula is C16H20F3NO. The average molecular weight is 299 g/mol. The zero-order valence-corrected chi connectivity index (χ0v) is 11.8. The summed E-state index contributed by atoms with van der Waals surface area (Å²) in [6, 6.07) is 5.59. The fourth-order valence-electron chi connectivity index (χ4n) is 2.79. The second-order valence-corrected chi connectivity index (χ2v) is 6.48. The number of aliphatic hydroxyl groups is 1. The van der Waals surface area contributed by atoms with Crippen LogP contribution in [0.25, 0.3) is 0 Å². The van der Waals surface area contributed by atoms with E-state index in [1.165, 1.54) is 12.1 Å². The zero-order valence-electron chi connectivity index (χ0n) is 11.8. The molecule has 1 unspecified atom stereocenters. The third kappa shape index (κ3) is 3.40. The van der Waals surface area contributed by atoms with Crippen molar-refractivity contribution in [3.05, 3.63) is 35.4 Å². The summed E-state index contributed by atoms with van der Waals surface area (Å²) in [5.41, 5.74) is 0.0891. The number of aliphatic hydroxyl groups excluding tert-OH is 1. The van der Waals surface area contributed by atoms with Crippen LogP contribution in [0.5, 0.6) is 0 Å². The summed E-state index contributed by atoms with van der Waals surface area (Å²) in [5, 5.41) is 12.8. The monoisotopic (exact) mass is 299 g/mol. The SMILES string of the molecule is OCC1(CNC(c2cccc(C(F)(F)F)c2)C2CC2)CC1. The maximum Gasteiger partial charge on any atom is 0.416 e. The molecule has 2 fully saturated rings. The first-order valence-electron chi connectivity index (χ1n) is 7.45. The molecule has 0 radical (unpaired) electrons. The van der Waals surface area contributed by atoms with Gasteiger partial charge in [0.1, 0.15) is 0 Å². The summed E-state index contributed by atoms with van der Waals surface area (Å²) in [6.07, 6.45) is -0.194. The van der Waals surface area contributed by atoms with Gasteiger partial charge in [-0.2, -0.15) is 13.2 Å². The van der Waals surface area contributed by atoms with Crippen molar-refractivity contribution in [1.29, 1.82) is 0 Å². The van der Waals surface area contributed by atoms with Crippen LogP contribution in [0.1, 0.15) is 42.9 Å². The number of hydrogen-bond donors (Lipinski definition) is 2. The predicted molar refractivity (Wildman–Crippen MR) is 73.7 cm³/mol. The van der Waals surface area contributed by atoms with E-state index in [2.05, 4.69) is 5.32 Å². The largest absolute Gasteiger partial charge is 0.416 e. The molecule has 0 bridgehead atoms. The maximum atomic E-state index is 12.8. The van der Waals surface area contributed by atoms with Gasteiger partial charge in [-0.1, -0.05) is 12.1 Å². The fourth-order valence-corrected chi connectivity index (χ4v) is 2.79. The second kappa shape index (κ2) is 5.29. The molecule has 5 heteroatoms. The van der Waals surface area contributed by atoms with E-state index in [4.69, 9.17) is 0 Å². The smallest absolute Gasteiger partial charge is 0.396 e. The van der Waals surface area contributed by atoms with Gasteiger partial charge in [0.05, 0.1) is 5.56 Å². The highest BCUT2D eigenvalue weighted by atomic mass is 19.4. The molecule has 116 valence electrons. The van der Waals surface area contributed by atoms with Crippen molar-refractivity contribution >= 4 is 0 Å². The van der Waals surface area contributed by atoms with E-state index in [-0.39, 0.29) is 18.1 Å². The maximum absolute atomic E-state index is 12.8. The quantitative estimate of drug-likeness (QED) is 0.842. The first-order chi connectivity index (χ1) is 9.93. The molecule has 2 aliphatic rings.